The lowest BCUT2D eigenvalue weighted by atomic mass is 9.90. The van der Waals surface area contributed by atoms with Crippen LogP contribution in [0.4, 0.5) is 0 Å². The lowest BCUT2D eigenvalue weighted by molar-refractivity contribution is -0.0768. The molecule has 0 saturated carbocycles. The van der Waals surface area contributed by atoms with Crippen LogP contribution < -0.4 is 10.3 Å². The third kappa shape index (κ3) is 2.44. The van der Waals surface area contributed by atoms with Crippen molar-refractivity contribution in [3.8, 4) is 5.75 Å². The molecule has 7 heteroatoms. The lowest BCUT2D eigenvalue weighted by Crippen LogP contribution is -2.42. The van der Waals surface area contributed by atoms with Crippen molar-refractivity contribution in [1.29, 1.82) is 0 Å². The first-order chi connectivity index (χ1) is 9.65. The van der Waals surface area contributed by atoms with Crippen LogP contribution in [0.2, 0.25) is 5.15 Å². The van der Waals surface area contributed by atoms with Crippen LogP contribution in [0.5, 0.6) is 5.75 Å². The Bertz CT molecular complexity index is 557. The minimum absolute atomic E-state index is 0.0695. The van der Waals surface area contributed by atoms with Gasteiger partial charge < -0.3 is 9.47 Å². The zero-order valence-electron chi connectivity index (χ0n) is 11.3. The summed E-state index contributed by atoms with van der Waals surface area (Å²) in [6.07, 6.45) is 4.26. The van der Waals surface area contributed by atoms with E-state index >= 15 is 0 Å². The summed E-state index contributed by atoms with van der Waals surface area (Å²) >= 11 is 7.80. The first-order valence-corrected chi connectivity index (χ1v) is 8.21. The average Bonchev–Trinajstić information content (AvgIpc) is 2.87. The SMILES string of the molecule is COc1c(Cl)ncn(C2CCOC3(CCSC3)C2)c1=O. The minimum Gasteiger partial charge on any atom is -0.489 e. The molecule has 0 N–H and O–H groups in total. The highest BCUT2D eigenvalue weighted by Crippen LogP contribution is 2.41. The fourth-order valence-electron chi connectivity index (χ4n) is 2.96. The summed E-state index contributed by atoms with van der Waals surface area (Å²) in [5, 5.41) is 0.118. The molecule has 0 bridgehead atoms. The van der Waals surface area contributed by atoms with Gasteiger partial charge in [-0.1, -0.05) is 11.6 Å². The van der Waals surface area contributed by atoms with E-state index in [2.05, 4.69) is 4.98 Å². The molecule has 2 fully saturated rings. The summed E-state index contributed by atoms with van der Waals surface area (Å²) in [7, 11) is 1.44. The van der Waals surface area contributed by atoms with Crippen LogP contribution in [-0.4, -0.2) is 40.4 Å². The number of aromatic nitrogens is 2. The lowest BCUT2D eigenvalue weighted by Gasteiger charge is -2.38. The number of rotatable bonds is 2. The largest absolute Gasteiger partial charge is 0.489 e. The zero-order chi connectivity index (χ0) is 14.2. The smallest absolute Gasteiger partial charge is 0.297 e. The molecule has 0 radical (unpaired) electrons. The van der Waals surface area contributed by atoms with E-state index in [-0.39, 0.29) is 28.1 Å². The van der Waals surface area contributed by atoms with Gasteiger partial charge in [-0.25, -0.2) is 4.98 Å². The van der Waals surface area contributed by atoms with Gasteiger partial charge in [-0.05, 0) is 25.0 Å². The first-order valence-electron chi connectivity index (χ1n) is 6.67. The summed E-state index contributed by atoms with van der Waals surface area (Å²) < 4.78 is 12.7. The molecule has 3 heterocycles. The number of methoxy groups -OCH3 is 1. The van der Waals surface area contributed by atoms with Crippen LogP contribution in [0.25, 0.3) is 0 Å². The van der Waals surface area contributed by atoms with E-state index in [1.807, 2.05) is 11.8 Å². The van der Waals surface area contributed by atoms with E-state index in [9.17, 15) is 4.79 Å². The van der Waals surface area contributed by atoms with Crippen molar-refractivity contribution in [3.63, 3.8) is 0 Å². The summed E-state index contributed by atoms with van der Waals surface area (Å²) in [5.74, 6) is 2.26. The molecular formula is C13H17ClN2O3S. The van der Waals surface area contributed by atoms with Gasteiger partial charge in [0.05, 0.1) is 19.0 Å². The maximum absolute atomic E-state index is 12.4. The van der Waals surface area contributed by atoms with Gasteiger partial charge in [0.1, 0.15) is 0 Å². The van der Waals surface area contributed by atoms with Crippen LogP contribution in [0.15, 0.2) is 11.1 Å². The fraction of sp³-hybridized carbons (Fsp3) is 0.692. The Balaban J connectivity index is 1.91. The van der Waals surface area contributed by atoms with Crippen molar-refractivity contribution in [1.82, 2.24) is 9.55 Å². The van der Waals surface area contributed by atoms with Crippen LogP contribution in [0.3, 0.4) is 0 Å². The van der Waals surface area contributed by atoms with Crippen molar-refractivity contribution in [3.05, 3.63) is 21.8 Å². The Hall–Kier alpha value is -0.720. The Kier molecular flexibility index (Phi) is 3.97. The predicted molar refractivity (Wildman–Crippen MR) is 79.0 cm³/mol. The Morgan fingerprint density at radius 1 is 1.65 bits per heavy atom. The molecule has 2 atom stereocenters. The summed E-state index contributed by atoms with van der Waals surface area (Å²) in [6.45, 7) is 0.683. The molecule has 2 unspecified atom stereocenters. The summed E-state index contributed by atoms with van der Waals surface area (Å²) in [4.78, 5) is 16.4. The van der Waals surface area contributed by atoms with Gasteiger partial charge >= 0.3 is 0 Å². The molecule has 2 aliphatic heterocycles. The van der Waals surface area contributed by atoms with Gasteiger partial charge in [-0.15, -0.1) is 0 Å². The highest BCUT2D eigenvalue weighted by Gasteiger charge is 2.41. The second-order valence-electron chi connectivity index (χ2n) is 5.26. The molecule has 20 heavy (non-hydrogen) atoms. The maximum atomic E-state index is 12.4. The summed E-state index contributed by atoms with van der Waals surface area (Å²) in [5.41, 5.74) is -0.278. The van der Waals surface area contributed by atoms with Crippen LogP contribution >= 0.6 is 23.4 Å². The van der Waals surface area contributed by atoms with E-state index in [1.165, 1.54) is 13.4 Å². The summed E-state index contributed by atoms with van der Waals surface area (Å²) in [6, 6.07) is 0.105. The van der Waals surface area contributed by atoms with Crippen molar-refractivity contribution in [2.75, 3.05) is 25.2 Å². The second kappa shape index (κ2) is 5.58. The molecular weight excluding hydrogens is 300 g/mol. The monoisotopic (exact) mass is 316 g/mol. The van der Waals surface area contributed by atoms with Crippen LogP contribution in [0.1, 0.15) is 25.3 Å². The first kappa shape index (κ1) is 14.2. The van der Waals surface area contributed by atoms with Crippen LogP contribution in [-0.2, 0) is 4.74 Å². The molecule has 0 aliphatic carbocycles. The van der Waals surface area contributed by atoms with Crippen molar-refractivity contribution in [2.24, 2.45) is 0 Å². The second-order valence-corrected chi connectivity index (χ2v) is 6.72. The number of ether oxygens (including phenoxy) is 2. The van der Waals surface area contributed by atoms with E-state index in [0.717, 1.165) is 30.8 Å². The van der Waals surface area contributed by atoms with Gasteiger partial charge in [0, 0.05) is 18.4 Å². The zero-order valence-corrected chi connectivity index (χ0v) is 12.9. The number of thioether (sulfide) groups is 1. The molecule has 0 aromatic carbocycles. The van der Waals surface area contributed by atoms with Crippen molar-refractivity contribution in [2.45, 2.75) is 30.9 Å². The van der Waals surface area contributed by atoms with E-state index in [0.29, 0.717) is 6.61 Å². The topological polar surface area (TPSA) is 53.4 Å². The molecule has 2 aliphatic rings. The van der Waals surface area contributed by atoms with Gasteiger partial charge in [-0.3, -0.25) is 9.36 Å². The van der Waals surface area contributed by atoms with Gasteiger partial charge in [-0.2, -0.15) is 11.8 Å². The maximum Gasteiger partial charge on any atom is 0.297 e. The number of hydrogen-bond acceptors (Lipinski definition) is 5. The highest BCUT2D eigenvalue weighted by atomic mass is 35.5. The van der Waals surface area contributed by atoms with E-state index in [1.54, 1.807) is 4.57 Å². The molecule has 1 aromatic rings. The van der Waals surface area contributed by atoms with Gasteiger partial charge in [0.2, 0.25) is 5.75 Å². The van der Waals surface area contributed by atoms with E-state index < -0.39 is 0 Å². The fourth-order valence-corrected chi connectivity index (χ4v) is 4.54. The van der Waals surface area contributed by atoms with Gasteiger partial charge in [0.15, 0.2) is 5.15 Å². The highest BCUT2D eigenvalue weighted by molar-refractivity contribution is 7.99. The average molecular weight is 317 g/mol. The third-order valence-electron chi connectivity index (χ3n) is 4.04. The molecule has 1 spiro atoms. The minimum atomic E-state index is -0.208. The Morgan fingerprint density at radius 2 is 2.50 bits per heavy atom. The normalized spacial score (nSPS) is 29.8. The molecule has 2 saturated heterocycles. The Morgan fingerprint density at radius 3 is 3.20 bits per heavy atom. The molecule has 5 nitrogen and oxygen atoms in total. The standard InChI is InChI=1S/C13H17ClN2O3S/c1-18-10-11(14)15-8-16(12(10)17)9-2-4-19-13(6-9)3-5-20-7-13/h8-9H,2-7H2,1H3. The number of halogens is 1. The third-order valence-corrected chi connectivity index (χ3v) is 5.54. The molecule has 3 rings (SSSR count). The van der Waals surface area contributed by atoms with Crippen LogP contribution in [0, 0.1) is 0 Å². The quantitative estimate of drug-likeness (QED) is 0.782. The number of hydrogen-bond donors (Lipinski definition) is 0. The molecule has 1 aromatic heterocycles. The van der Waals surface area contributed by atoms with Gasteiger partial charge in [0.25, 0.3) is 5.56 Å². The van der Waals surface area contributed by atoms with Crippen molar-refractivity contribution >= 4 is 23.4 Å². The van der Waals surface area contributed by atoms with E-state index in [4.69, 9.17) is 21.1 Å². The Labute approximate surface area is 126 Å². The molecule has 110 valence electrons. The number of nitrogens with zero attached hydrogens (tertiary/aromatic N) is 2. The van der Waals surface area contributed by atoms with Crippen molar-refractivity contribution < 1.29 is 9.47 Å². The predicted octanol–water partition coefficient (Wildman–Crippen LogP) is 2.13. The molecule has 0 amide bonds.